The minimum Gasteiger partial charge on any atom is -0.400 e. The van der Waals surface area contributed by atoms with Crippen LogP contribution < -0.4 is 0 Å². The fourth-order valence-electron chi connectivity index (χ4n) is 0.289. The molecule has 0 saturated heterocycles. The van der Waals surface area contributed by atoms with Crippen molar-refractivity contribution in [2.24, 2.45) is 5.92 Å². The minimum absolute atomic E-state index is 0.935. The summed E-state index contributed by atoms with van der Waals surface area (Å²) in [5.74, 6) is 0.935. The van der Waals surface area contributed by atoms with Gasteiger partial charge in [-0.25, -0.2) is 0 Å². The van der Waals surface area contributed by atoms with Crippen molar-refractivity contribution in [3.05, 3.63) is 0 Å². The Bertz CT molecular complexity index is 23.9. The Kier molecular flexibility index (Phi) is 38.1. The molecule has 1 nitrogen and oxygen atoms in total. The summed E-state index contributed by atoms with van der Waals surface area (Å²) in [6, 6.07) is 0. The lowest BCUT2D eigenvalue weighted by atomic mass is 10.1. The first kappa shape index (κ1) is 16.5. The molecule has 0 rings (SSSR count). The molecule has 0 aromatic rings. The number of hydrogen-bond donors (Lipinski definition) is 1. The first-order valence-corrected chi connectivity index (χ1v) is 4.26. The Morgan fingerprint density at radius 2 is 1.20 bits per heavy atom. The Morgan fingerprint density at radius 3 is 1.20 bits per heavy atom. The number of hydrogen-bond acceptors (Lipinski definition) is 1. The molecular formula is C9H24O. The highest BCUT2D eigenvalue weighted by Gasteiger charge is 1.88. The standard InChI is InChI=1S/C6H14.C2H6.CH4O/c1-4-6(3)5-2;2*1-2/h6H,4-5H2,1-3H3;1-2H3;2H,1H3. The van der Waals surface area contributed by atoms with Crippen LogP contribution in [-0.4, -0.2) is 12.2 Å². The van der Waals surface area contributed by atoms with E-state index in [4.69, 9.17) is 5.11 Å². The zero-order valence-corrected chi connectivity index (χ0v) is 8.44. The smallest absolute Gasteiger partial charge is 0.0319 e. The van der Waals surface area contributed by atoms with Crippen LogP contribution in [0.3, 0.4) is 0 Å². The molecule has 0 spiro atoms. The van der Waals surface area contributed by atoms with Crippen LogP contribution in [0, 0.1) is 5.92 Å². The summed E-state index contributed by atoms with van der Waals surface area (Å²) in [5.41, 5.74) is 0. The molecule has 0 aliphatic rings. The highest BCUT2D eigenvalue weighted by Crippen LogP contribution is 2.02. The molecule has 10 heavy (non-hydrogen) atoms. The van der Waals surface area contributed by atoms with Crippen LogP contribution in [0.1, 0.15) is 47.5 Å². The van der Waals surface area contributed by atoms with E-state index >= 15 is 0 Å². The summed E-state index contributed by atoms with van der Waals surface area (Å²) in [5, 5.41) is 7.00. The van der Waals surface area contributed by atoms with E-state index in [2.05, 4.69) is 20.8 Å². The van der Waals surface area contributed by atoms with E-state index in [0.717, 1.165) is 13.0 Å². The Labute approximate surface area is 66.5 Å². The fraction of sp³-hybridized carbons (Fsp3) is 1.00. The van der Waals surface area contributed by atoms with Crippen molar-refractivity contribution in [1.82, 2.24) is 0 Å². The van der Waals surface area contributed by atoms with Gasteiger partial charge < -0.3 is 5.11 Å². The highest BCUT2D eigenvalue weighted by atomic mass is 16.2. The van der Waals surface area contributed by atoms with Gasteiger partial charge in [-0.05, 0) is 5.92 Å². The summed E-state index contributed by atoms with van der Waals surface area (Å²) < 4.78 is 0. The van der Waals surface area contributed by atoms with Gasteiger partial charge in [0.25, 0.3) is 0 Å². The Hall–Kier alpha value is -0.0400. The number of aliphatic hydroxyl groups is 1. The molecule has 1 N–H and O–H groups in total. The Morgan fingerprint density at radius 1 is 1.00 bits per heavy atom. The molecule has 66 valence electrons. The lowest BCUT2D eigenvalue weighted by Gasteiger charge is -1.98. The van der Waals surface area contributed by atoms with Gasteiger partial charge in [0.05, 0.1) is 0 Å². The van der Waals surface area contributed by atoms with Crippen LogP contribution in [0.25, 0.3) is 0 Å². The van der Waals surface area contributed by atoms with E-state index < -0.39 is 0 Å². The fourth-order valence-corrected chi connectivity index (χ4v) is 0.289. The van der Waals surface area contributed by atoms with Crippen LogP contribution in [-0.2, 0) is 0 Å². The zero-order valence-electron chi connectivity index (χ0n) is 8.44. The van der Waals surface area contributed by atoms with E-state index in [-0.39, 0.29) is 0 Å². The molecule has 1 heteroatoms. The third-order valence-corrected chi connectivity index (χ3v) is 1.39. The summed E-state index contributed by atoms with van der Waals surface area (Å²) in [6.45, 7) is 10.7. The summed E-state index contributed by atoms with van der Waals surface area (Å²) in [6.07, 6.45) is 2.66. The summed E-state index contributed by atoms with van der Waals surface area (Å²) >= 11 is 0. The molecule has 0 unspecified atom stereocenters. The van der Waals surface area contributed by atoms with Crippen molar-refractivity contribution in [1.29, 1.82) is 0 Å². The maximum atomic E-state index is 7.00. The molecule has 0 amide bonds. The third-order valence-electron chi connectivity index (χ3n) is 1.39. The molecule has 0 aromatic carbocycles. The summed E-state index contributed by atoms with van der Waals surface area (Å²) in [4.78, 5) is 0. The molecule has 0 heterocycles. The van der Waals surface area contributed by atoms with Crippen LogP contribution >= 0.6 is 0 Å². The maximum Gasteiger partial charge on any atom is 0.0319 e. The number of aliphatic hydroxyl groups excluding tert-OH is 1. The van der Waals surface area contributed by atoms with Crippen molar-refractivity contribution in [2.45, 2.75) is 47.5 Å². The first-order valence-electron chi connectivity index (χ1n) is 4.26. The van der Waals surface area contributed by atoms with Gasteiger partial charge in [-0.1, -0.05) is 47.5 Å². The molecule has 0 fully saturated rings. The van der Waals surface area contributed by atoms with Gasteiger partial charge in [-0.15, -0.1) is 0 Å². The second-order valence-electron chi connectivity index (χ2n) is 1.92. The molecule has 0 aliphatic heterocycles. The molecule has 0 aromatic heterocycles. The van der Waals surface area contributed by atoms with Gasteiger partial charge in [0.2, 0.25) is 0 Å². The predicted molar refractivity (Wildman–Crippen MR) is 49.2 cm³/mol. The largest absolute Gasteiger partial charge is 0.400 e. The van der Waals surface area contributed by atoms with Crippen LogP contribution in [0.15, 0.2) is 0 Å². The van der Waals surface area contributed by atoms with E-state index in [1.807, 2.05) is 13.8 Å². The highest BCUT2D eigenvalue weighted by molar-refractivity contribution is 4.41. The van der Waals surface area contributed by atoms with Crippen LogP contribution in [0.4, 0.5) is 0 Å². The minimum atomic E-state index is 0.935. The van der Waals surface area contributed by atoms with Gasteiger partial charge in [0.15, 0.2) is 0 Å². The average Bonchev–Trinajstić information content (AvgIpc) is 2.10. The van der Waals surface area contributed by atoms with Crippen molar-refractivity contribution in [2.75, 3.05) is 7.11 Å². The van der Waals surface area contributed by atoms with Crippen LogP contribution in [0.2, 0.25) is 0 Å². The Balaban J connectivity index is -0.000000105. The zero-order chi connectivity index (χ0) is 8.99. The quantitative estimate of drug-likeness (QED) is 0.638. The number of rotatable bonds is 2. The lowest BCUT2D eigenvalue weighted by Crippen LogP contribution is -1.85. The van der Waals surface area contributed by atoms with E-state index in [1.165, 1.54) is 12.8 Å². The molecule has 0 bridgehead atoms. The van der Waals surface area contributed by atoms with Crippen molar-refractivity contribution in [3.8, 4) is 0 Å². The third kappa shape index (κ3) is 24.6. The summed E-state index contributed by atoms with van der Waals surface area (Å²) in [7, 11) is 1.00. The van der Waals surface area contributed by atoms with Crippen LogP contribution in [0.5, 0.6) is 0 Å². The topological polar surface area (TPSA) is 20.2 Å². The van der Waals surface area contributed by atoms with E-state index in [9.17, 15) is 0 Å². The van der Waals surface area contributed by atoms with E-state index in [1.54, 1.807) is 0 Å². The lowest BCUT2D eigenvalue weighted by molar-refractivity contribution is 0.399. The second-order valence-corrected chi connectivity index (χ2v) is 1.92. The van der Waals surface area contributed by atoms with Gasteiger partial charge in [0, 0.05) is 7.11 Å². The SMILES string of the molecule is CC.CCC(C)CC.CO. The average molecular weight is 148 g/mol. The van der Waals surface area contributed by atoms with E-state index in [0.29, 0.717) is 0 Å². The van der Waals surface area contributed by atoms with Crippen molar-refractivity contribution in [3.63, 3.8) is 0 Å². The van der Waals surface area contributed by atoms with Crippen molar-refractivity contribution < 1.29 is 5.11 Å². The maximum absolute atomic E-state index is 7.00. The molecule has 0 atom stereocenters. The monoisotopic (exact) mass is 148 g/mol. The molecule has 0 aliphatic carbocycles. The van der Waals surface area contributed by atoms with Gasteiger partial charge in [0.1, 0.15) is 0 Å². The van der Waals surface area contributed by atoms with Gasteiger partial charge in [-0.2, -0.15) is 0 Å². The normalized spacial score (nSPS) is 7.20. The first-order chi connectivity index (χ1) is 4.81. The van der Waals surface area contributed by atoms with Crippen molar-refractivity contribution >= 4 is 0 Å². The molecular weight excluding hydrogens is 124 g/mol. The molecule has 0 radical (unpaired) electrons. The van der Waals surface area contributed by atoms with Gasteiger partial charge >= 0.3 is 0 Å². The molecule has 0 saturated carbocycles. The van der Waals surface area contributed by atoms with Gasteiger partial charge in [-0.3, -0.25) is 0 Å². The predicted octanol–water partition coefficient (Wildman–Crippen LogP) is 3.08. The second kappa shape index (κ2) is 23.1.